The molecule has 0 aromatic rings. The van der Waals surface area contributed by atoms with Crippen LogP contribution in [0.3, 0.4) is 0 Å². The molecule has 0 aromatic carbocycles. The van der Waals surface area contributed by atoms with Gasteiger partial charge >= 0.3 is 0 Å². The van der Waals surface area contributed by atoms with Gasteiger partial charge < -0.3 is 5.32 Å². The normalized spacial score (nSPS) is 24.1. The summed E-state index contributed by atoms with van der Waals surface area (Å²) < 4.78 is 0. The van der Waals surface area contributed by atoms with Gasteiger partial charge in [0.25, 0.3) is 0 Å². The number of hydrogen-bond donors (Lipinski definition) is 1. The molecular weight excluding hydrogens is 182 g/mol. The molecule has 1 fully saturated rings. The Morgan fingerprint density at radius 1 is 1.46 bits per heavy atom. The maximum atomic E-state index is 11.6. The van der Waals surface area contributed by atoms with Crippen molar-refractivity contribution in [2.75, 3.05) is 11.5 Å². The minimum atomic E-state index is -0.248. The van der Waals surface area contributed by atoms with Crippen LogP contribution in [0.25, 0.3) is 0 Å². The molecule has 1 rings (SSSR count). The van der Waals surface area contributed by atoms with Crippen LogP contribution in [0.5, 0.6) is 0 Å². The summed E-state index contributed by atoms with van der Waals surface area (Å²) in [7, 11) is 0. The van der Waals surface area contributed by atoms with E-state index in [1.807, 2.05) is 32.5 Å². The van der Waals surface area contributed by atoms with Crippen molar-refractivity contribution in [3.63, 3.8) is 0 Å². The monoisotopic (exact) mass is 201 g/mol. The molecule has 1 aliphatic rings. The first-order chi connectivity index (χ1) is 6.00. The van der Waals surface area contributed by atoms with E-state index in [-0.39, 0.29) is 11.3 Å². The minimum Gasteiger partial charge on any atom is -0.352 e. The van der Waals surface area contributed by atoms with E-state index in [2.05, 4.69) is 5.32 Å². The van der Waals surface area contributed by atoms with E-state index in [0.717, 1.165) is 12.2 Å². The van der Waals surface area contributed by atoms with Crippen LogP contribution in [0, 0.1) is 5.41 Å². The molecule has 0 aliphatic carbocycles. The van der Waals surface area contributed by atoms with Gasteiger partial charge in [0.05, 0.1) is 0 Å². The number of hydrogen-bond acceptors (Lipinski definition) is 2. The molecule has 1 aliphatic heterocycles. The third-order valence-electron chi connectivity index (χ3n) is 2.18. The molecule has 1 saturated heterocycles. The topological polar surface area (TPSA) is 29.1 Å². The summed E-state index contributed by atoms with van der Waals surface area (Å²) in [5.41, 5.74) is -0.248. The summed E-state index contributed by atoms with van der Waals surface area (Å²) in [5, 5.41) is 3.10. The van der Waals surface area contributed by atoms with E-state index in [0.29, 0.717) is 6.04 Å². The summed E-state index contributed by atoms with van der Waals surface area (Å²) in [6, 6.07) is 0.408. The number of carbonyl (C=O) groups is 1. The molecule has 1 atom stereocenters. The molecule has 1 N–H and O–H groups in total. The maximum Gasteiger partial charge on any atom is 0.225 e. The first kappa shape index (κ1) is 10.9. The van der Waals surface area contributed by atoms with E-state index in [9.17, 15) is 4.79 Å². The van der Waals surface area contributed by atoms with Crippen molar-refractivity contribution in [2.45, 2.75) is 39.7 Å². The van der Waals surface area contributed by atoms with Crippen LogP contribution in [0.4, 0.5) is 0 Å². The van der Waals surface area contributed by atoms with Gasteiger partial charge in [-0.1, -0.05) is 20.8 Å². The van der Waals surface area contributed by atoms with E-state index in [1.165, 1.54) is 12.2 Å². The van der Waals surface area contributed by atoms with Crippen LogP contribution >= 0.6 is 11.8 Å². The molecule has 76 valence electrons. The fourth-order valence-corrected chi connectivity index (χ4v) is 2.33. The smallest absolute Gasteiger partial charge is 0.225 e. The summed E-state index contributed by atoms with van der Waals surface area (Å²) in [4.78, 5) is 11.6. The Morgan fingerprint density at radius 3 is 2.62 bits per heavy atom. The highest BCUT2D eigenvalue weighted by molar-refractivity contribution is 7.99. The van der Waals surface area contributed by atoms with Crippen molar-refractivity contribution in [1.82, 2.24) is 5.32 Å². The molecule has 0 radical (unpaired) electrons. The number of amides is 1. The van der Waals surface area contributed by atoms with Crippen LogP contribution in [0.15, 0.2) is 0 Å². The minimum absolute atomic E-state index is 0.181. The zero-order chi connectivity index (χ0) is 9.90. The second-order valence-electron chi connectivity index (χ2n) is 4.64. The van der Waals surface area contributed by atoms with E-state index in [4.69, 9.17) is 0 Å². The molecule has 0 saturated carbocycles. The molecule has 0 bridgehead atoms. The summed E-state index contributed by atoms with van der Waals surface area (Å²) in [6.45, 7) is 5.87. The largest absolute Gasteiger partial charge is 0.352 e. The van der Waals surface area contributed by atoms with Gasteiger partial charge in [-0.15, -0.1) is 0 Å². The van der Waals surface area contributed by atoms with Crippen LogP contribution in [0.2, 0.25) is 0 Å². The summed E-state index contributed by atoms with van der Waals surface area (Å²) in [5.74, 6) is 2.52. The molecule has 0 aromatic heterocycles. The van der Waals surface area contributed by atoms with Gasteiger partial charge in [0.1, 0.15) is 0 Å². The average Bonchev–Trinajstić information content (AvgIpc) is 2.04. The Labute approximate surface area is 84.9 Å². The Balaban J connectivity index is 2.35. The third kappa shape index (κ3) is 3.59. The third-order valence-corrected chi connectivity index (χ3v) is 3.39. The van der Waals surface area contributed by atoms with Crippen molar-refractivity contribution < 1.29 is 4.79 Å². The summed E-state index contributed by atoms with van der Waals surface area (Å²) >= 11 is 1.94. The fourth-order valence-electron chi connectivity index (χ4n) is 1.26. The molecule has 1 unspecified atom stereocenters. The predicted molar refractivity (Wildman–Crippen MR) is 57.9 cm³/mol. The van der Waals surface area contributed by atoms with Crippen molar-refractivity contribution in [3.8, 4) is 0 Å². The van der Waals surface area contributed by atoms with Gasteiger partial charge in [-0.25, -0.2) is 0 Å². The molecule has 13 heavy (non-hydrogen) atoms. The van der Waals surface area contributed by atoms with E-state index < -0.39 is 0 Å². The SMILES string of the molecule is CC(C)(C)C(=O)NC1CCCSC1. The zero-order valence-corrected chi connectivity index (χ0v) is 9.54. The molecule has 1 amide bonds. The highest BCUT2D eigenvalue weighted by Crippen LogP contribution is 2.19. The number of nitrogens with one attached hydrogen (secondary N) is 1. The van der Waals surface area contributed by atoms with Gasteiger partial charge in [-0.2, -0.15) is 11.8 Å². The van der Waals surface area contributed by atoms with Crippen LogP contribution in [-0.2, 0) is 4.79 Å². The van der Waals surface area contributed by atoms with E-state index in [1.54, 1.807) is 0 Å². The van der Waals surface area contributed by atoms with Crippen LogP contribution in [-0.4, -0.2) is 23.5 Å². The lowest BCUT2D eigenvalue weighted by atomic mass is 9.95. The molecule has 1 heterocycles. The van der Waals surface area contributed by atoms with Crippen LogP contribution < -0.4 is 5.32 Å². The van der Waals surface area contributed by atoms with Gasteiger partial charge in [-0.3, -0.25) is 4.79 Å². The lowest BCUT2D eigenvalue weighted by molar-refractivity contribution is -0.129. The second kappa shape index (κ2) is 4.36. The molecule has 3 heteroatoms. The van der Waals surface area contributed by atoms with E-state index >= 15 is 0 Å². The number of rotatable bonds is 1. The van der Waals surface area contributed by atoms with Gasteiger partial charge in [0.15, 0.2) is 0 Å². The van der Waals surface area contributed by atoms with Crippen molar-refractivity contribution >= 4 is 17.7 Å². The van der Waals surface area contributed by atoms with Crippen molar-refractivity contribution in [1.29, 1.82) is 0 Å². The predicted octanol–water partition coefficient (Wildman–Crippen LogP) is 2.04. The quantitative estimate of drug-likeness (QED) is 0.703. The Bertz CT molecular complexity index is 180. The van der Waals surface area contributed by atoms with Crippen molar-refractivity contribution in [3.05, 3.63) is 0 Å². The van der Waals surface area contributed by atoms with Gasteiger partial charge in [-0.05, 0) is 18.6 Å². The zero-order valence-electron chi connectivity index (χ0n) is 8.72. The number of carbonyl (C=O) groups excluding carboxylic acids is 1. The maximum absolute atomic E-state index is 11.6. The first-order valence-corrected chi connectivity index (χ1v) is 6.04. The standard InChI is InChI=1S/C10H19NOS/c1-10(2,3)9(12)11-8-5-4-6-13-7-8/h8H,4-7H2,1-3H3,(H,11,12). The lowest BCUT2D eigenvalue weighted by Crippen LogP contribution is -2.43. The molecular formula is C10H19NOS. The van der Waals surface area contributed by atoms with Crippen molar-refractivity contribution in [2.24, 2.45) is 5.41 Å². The Kier molecular flexibility index (Phi) is 3.65. The highest BCUT2D eigenvalue weighted by Gasteiger charge is 2.24. The number of thioether (sulfide) groups is 1. The second-order valence-corrected chi connectivity index (χ2v) is 5.79. The van der Waals surface area contributed by atoms with Gasteiger partial charge in [0.2, 0.25) is 5.91 Å². The highest BCUT2D eigenvalue weighted by atomic mass is 32.2. The van der Waals surface area contributed by atoms with Crippen LogP contribution in [0.1, 0.15) is 33.6 Å². The Morgan fingerprint density at radius 2 is 2.15 bits per heavy atom. The molecule has 2 nitrogen and oxygen atoms in total. The average molecular weight is 201 g/mol. The Hall–Kier alpha value is -0.180. The summed E-state index contributed by atoms with van der Waals surface area (Å²) in [6.07, 6.45) is 2.38. The fraction of sp³-hybridized carbons (Fsp3) is 0.900. The molecule has 0 spiro atoms. The van der Waals surface area contributed by atoms with Gasteiger partial charge in [0, 0.05) is 17.2 Å². The lowest BCUT2D eigenvalue weighted by Gasteiger charge is -2.26. The first-order valence-electron chi connectivity index (χ1n) is 4.89.